The number of thioether (sulfide) groups is 1. The van der Waals surface area contributed by atoms with Gasteiger partial charge in [0, 0.05) is 29.7 Å². The molecule has 0 radical (unpaired) electrons. The summed E-state index contributed by atoms with van der Waals surface area (Å²) in [6.45, 7) is 1.36. The summed E-state index contributed by atoms with van der Waals surface area (Å²) in [7, 11) is 1.91. The lowest BCUT2D eigenvalue weighted by atomic mass is 10.1. The predicted octanol–water partition coefficient (Wildman–Crippen LogP) is 2.01. The first-order valence-corrected chi connectivity index (χ1v) is 9.81. The zero-order chi connectivity index (χ0) is 17.5. The Bertz CT molecular complexity index is 585. The van der Waals surface area contributed by atoms with E-state index in [0.717, 1.165) is 12.2 Å². The summed E-state index contributed by atoms with van der Waals surface area (Å²) in [6.07, 6.45) is 3.65. The van der Waals surface area contributed by atoms with Gasteiger partial charge in [0.1, 0.15) is 0 Å². The highest BCUT2D eigenvalue weighted by molar-refractivity contribution is 7.98. The number of carbonyl (C=O) groups excluding carboxylic acids is 2. The van der Waals surface area contributed by atoms with Crippen molar-refractivity contribution in [3.8, 4) is 0 Å². The molecular weight excluding hydrogens is 346 g/mol. The van der Waals surface area contributed by atoms with Crippen molar-refractivity contribution in [3.63, 3.8) is 0 Å². The van der Waals surface area contributed by atoms with Crippen LogP contribution in [0.25, 0.3) is 0 Å². The maximum absolute atomic E-state index is 12.3. The number of likely N-dealkylation sites (tertiary alicyclic amines) is 1. The fourth-order valence-electron chi connectivity index (χ4n) is 2.85. The van der Waals surface area contributed by atoms with Crippen LogP contribution >= 0.6 is 23.4 Å². The molecule has 1 aromatic rings. The fourth-order valence-corrected chi connectivity index (χ4v) is 3.48. The zero-order valence-electron chi connectivity index (χ0n) is 14.0. The molecule has 1 aliphatic rings. The normalized spacial score (nSPS) is 20.8. The van der Waals surface area contributed by atoms with Crippen molar-refractivity contribution in [2.75, 3.05) is 32.1 Å². The average Bonchev–Trinajstić information content (AvgIpc) is 2.92. The summed E-state index contributed by atoms with van der Waals surface area (Å²) in [5, 5.41) is 6.51. The highest BCUT2D eigenvalue weighted by Crippen LogP contribution is 2.17. The standard InChI is InChI=1S/C17H24ClN3O2S/c1-21-11-14(10-15(21)17(23)19-7-4-8-24-2)20-16(22)12-5-3-6-13(18)9-12/h3,5-6,9,14-15H,4,7-8,10-11H2,1-2H3,(H,19,23)(H,20,22)/t14-,15-/m0/s1. The molecule has 2 N–H and O–H groups in total. The number of rotatable bonds is 7. The van der Waals surface area contributed by atoms with Crippen LogP contribution in [0.3, 0.4) is 0 Å². The topological polar surface area (TPSA) is 61.4 Å². The van der Waals surface area contributed by atoms with E-state index in [4.69, 9.17) is 11.6 Å². The zero-order valence-corrected chi connectivity index (χ0v) is 15.6. The van der Waals surface area contributed by atoms with Crippen molar-refractivity contribution in [3.05, 3.63) is 34.9 Å². The first kappa shape index (κ1) is 19.1. The van der Waals surface area contributed by atoms with Gasteiger partial charge in [-0.15, -0.1) is 0 Å². The SMILES string of the molecule is CSCCCNC(=O)[C@@H]1C[C@H](NC(=O)c2cccc(Cl)c2)CN1C. The van der Waals surface area contributed by atoms with Crippen molar-refractivity contribution in [2.45, 2.75) is 24.9 Å². The van der Waals surface area contributed by atoms with Gasteiger partial charge < -0.3 is 10.6 Å². The molecular formula is C17H24ClN3O2S. The van der Waals surface area contributed by atoms with E-state index >= 15 is 0 Å². The Kier molecular flexibility index (Phi) is 7.40. The highest BCUT2D eigenvalue weighted by Gasteiger charge is 2.35. The average molecular weight is 370 g/mol. The Balaban J connectivity index is 1.84. The van der Waals surface area contributed by atoms with Gasteiger partial charge in [-0.05, 0) is 50.1 Å². The maximum Gasteiger partial charge on any atom is 0.251 e. The minimum absolute atomic E-state index is 0.0385. The van der Waals surface area contributed by atoms with Gasteiger partial charge in [0.25, 0.3) is 5.91 Å². The number of carbonyl (C=O) groups is 2. The lowest BCUT2D eigenvalue weighted by molar-refractivity contribution is -0.125. The molecule has 0 aliphatic carbocycles. The predicted molar refractivity (Wildman–Crippen MR) is 99.7 cm³/mol. The van der Waals surface area contributed by atoms with Gasteiger partial charge in [-0.25, -0.2) is 0 Å². The summed E-state index contributed by atoms with van der Waals surface area (Å²) >= 11 is 7.70. The van der Waals surface area contributed by atoms with E-state index in [9.17, 15) is 9.59 Å². The number of hydrogen-bond acceptors (Lipinski definition) is 4. The molecule has 0 bridgehead atoms. The van der Waals surface area contributed by atoms with E-state index in [-0.39, 0.29) is 23.9 Å². The van der Waals surface area contributed by atoms with E-state index in [1.165, 1.54) is 0 Å². The highest BCUT2D eigenvalue weighted by atomic mass is 35.5. The molecule has 0 unspecified atom stereocenters. The molecule has 1 fully saturated rings. The molecule has 24 heavy (non-hydrogen) atoms. The van der Waals surface area contributed by atoms with Crippen molar-refractivity contribution >= 4 is 35.2 Å². The molecule has 0 spiro atoms. The summed E-state index contributed by atoms with van der Waals surface area (Å²) in [5.74, 6) is 0.925. The van der Waals surface area contributed by atoms with E-state index in [1.54, 1.807) is 36.0 Å². The second-order valence-corrected chi connectivity index (χ2v) is 7.43. The third-order valence-electron chi connectivity index (χ3n) is 4.10. The number of nitrogens with zero attached hydrogens (tertiary/aromatic N) is 1. The van der Waals surface area contributed by atoms with Crippen LogP contribution in [0.1, 0.15) is 23.2 Å². The van der Waals surface area contributed by atoms with E-state index in [0.29, 0.717) is 30.1 Å². The molecule has 2 amide bonds. The largest absolute Gasteiger partial charge is 0.355 e. The van der Waals surface area contributed by atoms with E-state index < -0.39 is 0 Å². The number of amides is 2. The molecule has 7 heteroatoms. The van der Waals surface area contributed by atoms with Crippen LogP contribution in [0, 0.1) is 0 Å². The van der Waals surface area contributed by atoms with Gasteiger partial charge >= 0.3 is 0 Å². The van der Waals surface area contributed by atoms with Crippen LogP contribution in [0.5, 0.6) is 0 Å². The van der Waals surface area contributed by atoms with Crippen molar-refractivity contribution in [1.29, 1.82) is 0 Å². The second-order valence-electron chi connectivity index (χ2n) is 6.01. The Hall–Kier alpha value is -1.24. The number of likely N-dealkylation sites (N-methyl/N-ethyl adjacent to an activating group) is 1. The van der Waals surface area contributed by atoms with Crippen LogP contribution in [0.2, 0.25) is 5.02 Å². The van der Waals surface area contributed by atoms with Gasteiger partial charge in [-0.2, -0.15) is 11.8 Å². The third-order valence-corrected chi connectivity index (χ3v) is 5.03. The van der Waals surface area contributed by atoms with E-state index in [2.05, 4.69) is 16.9 Å². The van der Waals surface area contributed by atoms with Crippen LogP contribution in [-0.2, 0) is 4.79 Å². The van der Waals surface area contributed by atoms with Crippen molar-refractivity contribution in [1.82, 2.24) is 15.5 Å². The number of benzene rings is 1. The Morgan fingerprint density at radius 1 is 1.42 bits per heavy atom. The smallest absolute Gasteiger partial charge is 0.251 e. The maximum atomic E-state index is 12.3. The van der Waals surface area contributed by atoms with Crippen molar-refractivity contribution < 1.29 is 9.59 Å². The number of halogens is 1. The van der Waals surface area contributed by atoms with E-state index in [1.807, 2.05) is 11.9 Å². The Morgan fingerprint density at radius 3 is 2.92 bits per heavy atom. The minimum Gasteiger partial charge on any atom is -0.355 e. The lowest BCUT2D eigenvalue weighted by Crippen LogP contribution is -2.41. The molecule has 1 aromatic carbocycles. The molecule has 0 saturated carbocycles. The Labute approximate surface area is 152 Å². The number of nitrogens with one attached hydrogen (secondary N) is 2. The fraction of sp³-hybridized carbons (Fsp3) is 0.529. The van der Waals surface area contributed by atoms with Crippen LogP contribution < -0.4 is 10.6 Å². The molecule has 2 atom stereocenters. The molecule has 132 valence electrons. The minimum atomic E-state index is -0.191. The van der Waals surface area contributed by atoms with Crippen LogP contribution in [0.15, 0.2) is 24.3 Å². The number of hydrogen-bond donors (Lipinski definition) is 2. The first-order valence-electron chi connectivity index (χ1n) is 8.04. The summed E-state index contributed by atoms with van der Waals surface area (Å²) < 4.78 is 0. The van der Waals surface area contributed by atoms with Gasteiger partial charge in [0.15, 0.2) is 0 Å². The first-order chi connectivity index (χ1) is 11.5. The van der Waals surface area contributed by atoms with Crippen LogP contribution in [0.4, 0.5) is 0 Å². The second kappa shape index (κ2) is 9.30. The molecule has 5 nitrogen and oxygen atoms in total. The molecule has 1 heterocycles. The molecule has 1 aliphatic heterocycles. The Morgan fingerprint density at radius 2 is 2.21 bits per heavy atom. The summed E-state index contributed by atoms with van der Waals surface area (Å²) in [4.78, 5) is 26.6. The summed E-state index contributed by atoms with van der Waals surface area (Å²) in [6, 6.07) is 6.64. The third kappa shape index (κ3) is 5.40. The van der Waals surface area contributed by atoms with Gasteiger partial charge in [0.05, 0.1) is 6.04 Å². The lowest BCUT2D eigenvalue weighted by Gasteiger charge is -2.18. The van der Waals surface area contributed by atoms with Crippen LogP contribution in [-0.4, -0.2) is 60.9 Å². The molecule has 0 aromatic heterocycles. The molecule has 1 saturated heterocycles. The van der Waals surface area contributed by atoms with Gasteiger partial charge in [0.2, 0.25) is 5.91 Å². The monoisotopic (exact) mass is 369 g/mol. The van der Waals surface area contributed by atoms with Gasteiger partial charge in [-0.1, -0.05) is 17.7 Å². The van der Waals surface area contributed by atoms with Gasteiger partial charge in [-0.3, -0.25) is 14.5 Å². The molecule has 2 rings (SSSR count). The van der Waals surface area contributed by atoms with Crippen molar-refractivity contribution in [2.24, 2.45) is 0 Å². The summed E-state index contributed by atoms with van der Waals surface area (Å²) in [5.41, 5.74) is 0.537. The quantitative estimate of drug-likeness (QED) is 0.722.